The van der Waals surface area contributed by atoms with Crippen molar-refractivity contribution < 1.29 is 4.39 Å². The first-order valence-electron chi connectivity index (χ1n) is 9.11. The first kappa shape index (κ1) is 18.4. The highest BCUT2D eigenvalue weighted by atomic mass is 35.5. The van der Waals surface area contributed by atoms with Crippen LogP contribution in [0.25, 0.3) is 0 Å². The highest BCUT2D eigenvalue weighted by Gasteiger charge is 2.21. The number of anilines is 3. The van der Waals surface area contributed by atoms with E-state index in [1.807, 2.05) is 41.3 Å². The van der Waals surface area contributed by atoms with E-state index in [2.05, 4.69) is 25.4 Å². The fourth-order valence-electron chi connectivity index (χ4n) is 3.16. The molecule has 8 heteroatoms. The van der Waals surface area contributed by atoms with Crippen molar-refractivity contribution in [2.75, 3.05) is 41.3 Å². The number of hydrogen-bond donors (Lipinski definition) is 1. The second-order valence-corrected chi connectivity index (χ2v) is 6.98. The number of nitrogens with zero attached hydrogens (tertiary/aromatic N) is 5. The largest absolute Gasteiger partial charge is 0.366 e. The van der Waals surface area contributed by atoms with Gasteiger partial charge in [0.2, 0.25) is 5.95 Å². The maximum absolute atomic E-state index is 14.0. The van der Waals surface area contributed by atoms with Crippen molar-refractivity contribution in [2.24, 2.45) is 0 Å². The summed E-state index contributed by atoms with van der Waals surface area (Å²) in [5.74, 6) is 1.05. The van der Waals surface area contributed by atoms with Gasteiger partial charge in [-0.15, -0.1) is 5.10 Å². The Bertz CT molecular complexity index is 928. The van der Waals surface area contributed by atoms with E-state index < -0.39 is 0 Å². The van der Waals surface area contributed by atoms with E-state index in [4.69, 9.17) is 11.6 Å². The predicted octanol–water partition coefficient (Wildman–Crippen LogP) is 3.60. The Labute approximate surface area is 168 Å². The minimum atomic E-state index is -0.192. The molecule has 0 atom stereocenters. The Morgan fingerprint density at radius 1 is 0.964 bits per heavy atom. The number of rotatable bonds is 5. The van der Waals surface area contributed by atoms with Crippen LogP contribution in [-0.2, 0) is 6.54 Å². The number of benzene rings is 2. The molecule has 0 spiro atoms. The minimum absolute atomic E-state index is 0.192. The molecule has 2 aromatic carbocycles. The van der Waals surface area contributed by atoms with Gasteiger partial charge in [-0.05, 0) is 29.8 Å². The van der Waals surface area contributed by atoms with Crippen LogP contribution in [-0.4, -0.2) is 41.4 Å². The van der Waals surface area contributed by atoms with Crippen LogP contribution in [0.1, 0.15) is 5.56 Å². The van der Waals surface area contributed by atoms with E-state index in [9.17, 15) is 4.39 Å². The molecule has 1 aliphatic rings. The van der Waals surface area contributed by atoms with E-state index in [-0.39, 0.29) is 5.82 Å². The maximum Gasteiger partial charge on any atom is 0.247 e. The molecule has 1 aromatic heterocycles. The van der Waals surface area contributed by atoms with Crippen LogP contribution in [0.3, 0.4) is 0 Å². The SMILES string of the molecule is Fc1ccccc1N1CCN(c2nncc(NCc3ccc(Cl)cc3)n2)CC1. The van der Waals surface area contributed by atoms with Crippen molar-refractivity contribution in [3.05, 3.63) is 71.1 Å². The zero-order valence-electron chi connectivity index (χ0n) is 15.2. The highest BCUT2D eigenvalue weighted by Crippen LogP contribution is 2.21. The van der Waals surface area contributed by atoms with Gasteiger partial charge in [0.25, 0.3) is 0 Å². The quantitative estimate of drug-likeness (QED) is 0.708. The fraction of sp³-hybridized carbons (Fsp3) is 0.250. The molecule has 0 radical (unpaired) electrons. The molecule has 3 aromatic rings. The van der Waals surface area contributed by atoms with Crippen molar-refractivity contribution in [1.82, 2.24) is 15.2 Å². The Kier molecular flexibility index (Phi) is 5.53. The summed E-state index contributed by atoms with van der Waals surface area (Å²) in [6.45, 7) is 3.43. The molecule has 0 unspecified atom stereocenters. The van der Waals surface area contributed by atoms with E-state index in [0.29, 0.717) is 55.2 Å². The Balaban J connectivity index is 1.37. The molecule has 4 rings (SSSR count). The number of hydrogen-bond acceptors (Lipinski definition) is 6. The average molecular weight is 399 g/mol. The highest BCUT2D eigenvalue weighted by molar-refractivity contribution is 6.30. The number of aromatic nitrogens is 3. The second-order valence-electron chi connectivity index (χ2n) is 6.55. The molecule has 1 fully saturated rings. The van der Waals surface area contributed by atoms with Gasteiger partial charge in [0.05, 0.1) is 11.9 Å². The molecular weight excluding hydrogens is 379 g/mol. The number of nitrogens with one attached hydrogen (secondary N) is 1. The van der Waals surface area contributed by atoms with Crippen molar-refractivity contribution >= 4 is 29.1 Å². The van der Waals surface area contributed by atoms with Crippen LogP contribution in [0.5, 0.6) is 0 Å². The molecule has 28 heavy (non-hydrogen) atoms. The van der Waals surface area contributed by atoms with Crippen molar-refractivity contribution in [2.45, 2.75) is 6.54 Å². The van der Waals surface area contributed by atoms with Crippen molar-refractivity contribution in [3.63, 3.8) is 0 Å². The van der Waals surface area contributed by atoms with Gasteiger partial charge in [-0.25, -0.2) is 4.39 Å². The molecule has 1 saturated heterocycles. The molecule has 0 amide bonds. The van der Waals surface area contributed by atoms with Crippen LogP contribution in [0.2, 0.25) is 5.02 Å². The van der Waals surface area contributed by atoms with Gasteiger partial charge in [-0.3, -0.25) is 0 Å². The average Bonchev–Trinajstić information content (AvgIpc) is 2.74. The molecule has 0 bridgehead atoms. The molecule has 0 aliphatic carbocycles. The fourth-order valence-corrected chi connectivity index (χ4v) is 3.29. The summed E-state index contributed by atoms with van der Waals surface area (Å²) in [6.07, 6.45) is 1.61. The Morgan fingerprint density at radius 2 is 1.68 bits per heavy atom. The summed E-state index contributed by atoms with van der Waals surface area (Å²) in [6, 6.07) is 14.5. The standard InChI is InChI=1S/C20H20ClFN6/c21-16-7-5-15(6-8-16)13-23-19-14-24-26-20(25-19)28-11-9-27(10-12-28)18-4-2-1-3-17(18)22/h1-8,14H,9-13H2,(H,23,25,26). The lowest BCUT2D eigenvalue weighted by atomic mass is 10.2. The number of halogens is 2. The third-order valence-electron chi connectivity index (χ3n) is 4.69. The lowest BCUT2D eigenvalue weighted by Gasteiger charge is -2.36. The number of piperazine rings is 1. The molecule has 1 aliphatic heterocycles. The Hall–Kier alpha value is -2.93. The van der Waals surface area contributed by atoms with Gasteiger partial charge < -0.3 is 15.1 Å². The van der Waals surface area contributed by atoms with Gasteiger partial charge in [0.1, 0.15) is 5.82 Å². The molecule has 6 nitrogen and oxygen atoms in total. The van der Waals surface area contributed by atoms with Crippen LogP contribution >= 0.6 is 11.6 Å². The summed E-state index contributed by atoms with van der Waals surface area (Å²) in [7, 11) is 0. The normalized spacial score (nSPS) is 14.2. The molecule has 1 N–H and O–H groups in total. The summed E-state index contributed by atoms with van der Waals surface area (Å²) < 4.78 is 14.0. The van der Waals surface area contributed by atoms with Crippen LogP contribution in [0.15, 0.2) is 54.7 Å². The van der Waals surface area contributed by atoms with Gasteiger partial charge in [-0.2, -0.15) is 10.1 Å². The third kappa shape index (κ3) is 4.31. The van der Waals surface area contributed by atoms with Crippen LogP contribution in [0.4, 0.5) is 21.8 Å². The van der Waals surface area contributed by atoms with E-state index in [1.165, 1.54) is 6.07 Å². The van der Waals surface area contributed by atoms with Gasteiger partial charge in [-0.1, -0.05) is 35.9 Å². The lowest BCUT2D eigenvalue weighted by molar-refractivity contribution is 0.592. The zero-order chi connectivity index (χ0) is 19.3. The van der Waals surface area contributed by atoms with Gasteiger partial charge >= 0.3 is 0 Å². The summed E-state index contributed by atoms with van der Waals surface area (Å²) in [5.41, 5.74) is 1.74. The zero-order valence-corrected chi connectivity index (χ0v) is 16.0. The number of para-hydroxylation sites is 1. The summed E-state index contributed by atoms with van der Waals surface area (Å²) >= 11 is 5.91. The molecule has 144 valence electrons. The maximum atomic E-state index is 14.0. The molecule has 0 saturated carbocycles. The van der Waals surface area contributed by atoms with Crippen molar-refractivity contribution in [1.29, 1.82) is 0 Å². The van der Waals surface area contributed by atoms with E-state index in [1.54, 1.807) is 12.3 Å². The Morgan fingerprint density at radius 3 is 2.43 bits per heavy atom. The lowest BCUT2D eigenvalue weighted by Crippen LogP contribution is -2.47. The second kappa shape index (κ2) is 8.39. The first-order chi connectivity index (χ1) is 13.7. The topological polar surface area (TPSA) is 57.2 Å². The van der Waals surface area contributed by atoms with E-state index in [0.717, 1.165) is 5.56 Å². The third-order valence-corrected chi connectivity index (χ3v) is 4.94. The first-order valence-corrected chi connectivity index (χ1v) is 9.49. The van der Waals surface area contributed by atoms with Gasteiger partial charge in [0, 0.05) is 37.7 Å². The summed E-state index contributed by atoms with van der Waals surface area (Å²) in [5, 5.41) is 12.2. The molecular formula is C20H20ClFN6. The minimum Gasteiger partial charge on any atom is -0.366 e. The molecule has 2 heterocycles. The van der Waals surface area contributed by atoms with Crippen LogP contribution in [0, 0.1) is 5.82 Å². The monoisotopic (exact) mass is 398 g/mol. The predicted molar refractivity (Wildman–Crippen MR) is 109 cm³/mol. The smallest absolute Gasteiger partial charge is 0.247 e. The van der Waals surface area contributed by atoms with Crippen molar-refractivity contribution in [3.8, 4) is 0 Å². The summed E-state index contributed by atoms with van der Waals surface area (Å²) in [4.78, 5) is 8.68. The van der Waals surface area contributed by atoms with Crippen LogP contribution < -0.4 is 15.1 Å². The van der Waals surface area contributed by atoms with E-state index >= 15 is 0 Å². The van der Waals surface area contributed by atoms with Gasteiger partial charge in [0.15, 0.2) is 5.82 Å².